The fourth-order valence-corrected chi connectivity index (χ4v) is 3.01. The van der Waals surface area contributed by atoms with Crippen molar-refractivity contribution in [3.8, 4) is 11.4 Å². The Morgan fingerprint density at radius 1 is 1.21 bits per heavy atom. The van der Waals surface area contributed by atoms with E-state index in [4.69, 9.17) is 33.0 Å². The molecule has 1 aromatic carbocycles. The molecule has 0 aliphatic heterocycles. The van der Waals surface area contributed by atoms with Gasteiger partial charge in [0.25, 0.3) is 0 Å². The van der Waals surface area contributed by atoms with Gasteiger partial charge in [0.1, 0.15) is 17.6 Å². The minimum Gasteiger partial charge on any atom is -0.472 e. The lowest BCUT2D eigenvalue weighted by Crippen LogP contribution is -2.13. The van der Waals surface area contributed by atoms with E-state index in [2.05, 4.69) is 15.0 Å². The summed E-state index contributed by atoms with van der Waals surface area (Å²) in [6.45, 7) is 0.401. The van der Waals surface area contributed by atoms with E-state index in [1.807, 2.05) is 0 Å². The Morgan fingerprint density at radius 2 is 2.00 bits per heavy atom. The molecule has 6 nitrogen and oxygen atoms in total. The maximum absolute atomic E-state index is 7.99. The van der Waals surface area contributed by atoms with Crippen molar-refractivity contribution in [2.75, 3.05) is 0 Å². The van der Waals surface area contributed by atoms with Crippen molar-refractivity contribution in [2.45, 2.75) is 6.54 Å². The lowest BCUT2D eigenvalue weighted by Gasteiger charge is -2.10. The van der Waals surface area contributed by atoms with Gasteiger partial charge in [0, 0.05) is 15.6 Å². The number of fused-ring (bicyclic) bond motifs is 1. The smallest absolute Gasteiger partial charge is 0.173 e. The van der Waals surface area contributed by atoms with Crippen molar-refractivity contribution in [1.29, 1.82) is 5.41 Å². The average molecular weight is 360 g/mol. The third-order valence-corrected chi connectivity index (χ3v) is 4.41. The Labute approximate surface area is 146 Å². The van der Waals surface area contributed by atoms with Gasteiger partial charge in [-0.05, 0) is 18.2 Å². The highest BCUT2D eigenvalue weighted by Gasteiger charge is 2.13. The van der Waals surface area contributed by atoms with Crippen LogP contribution in [0.15, 0.2) is 47.5 Å². The Hall–Kier alpha value is -2.57. The summed E-state index contributed by atoms with van der Waals surface area (Å²) in [5.41, 5.74) is 2.83. The first kappa shape index (κ1) is 15.0. The van der Waals surface area contributed by atoms with Crippen molar-refractivity contribution < 1.29 is 4.42 Å². The number of furan rings is 1. The van der Waals surface area contributed by atoms with E-state index in [1.165, 1.54) is 0 Å². The molecule has 0 radical (unpaired) electrons. The second kappa shape index (κ2) is 5.81. The van der Waals surface area contributed by atoms with Crippen molar-refractivity contribution in [1.82, 2.24) is 19.5 Å². The fraction of sp³-hybridized carbons (Fsp3) is 0.0625. The maximum atomic E-state index is 7.99. The fourth-order valence-electron chi connectivity index (χ4n) is 2.49. The first-order valence-electron chi connectivity index (χ1n) is 7.08. The predicted molar refractivity (Wildman–Crippen MR) is 91.0 cm³/mol. The van der Waals surface area contributed by atoms with E-state index in [9.17, 15) is 0 Å². The molecule has 0 aliphatic carbocycles. The van der Waals surface area contributed by atoms with E-state index in [1.54, 1.807) is 47.7 Å². The summed E-state index contributed by atoms with van der Waals surface area (Å²) in [5, 5.41) is 9.14. The lowest BCUT2D eigenvalue weighted by molar-refractivity contribution is 0.568. The lowest BCUT2D eigenvalue weighted by atomic mass is 10.2. The topological polar surface area (TPSA) is 83.5 Å². The number of aromatic nitrogens is 4. The highest BCUT2D eigenvalue weighted by molar-refractivity contribution is 6.36. The molecule has 0 spiro atoms. The highest BCUT2D eigenvalue weighted by Crippen LogP contribution is 2.26. The van der Waals surface area contributed by atoms with E-state index >= 15 is 0 Å². The maximum Gasteiger partial charge on any atom is 0.173 e. The predicted octanol–water partition coefficient (Wildman–Crippen LogP) is 3.85. The number of rotatable bonds is 3. The number of aromatic amines is 1. The third kappa shape index (κ3) is 2.50. The van der Waals surface area contributed by atoms with Crippen molar-refractivity contribution in [3.05, 3.63) is 64.2 Å². The zero-order chi connectivity index (χ0) is 16.7. The molecule has 24 heavy (non-hydrogen) atoms. The Kier molecular flexibility index (Phi) is 3.63. The monoisotopic (exact) mass is 359 g/mol. The van der Waals surface area contributed by atoms with Gasteiger partial charge in [0.15, 0.2) is 11.1 Å². The Balaban J connectivity index is 1.87. The van der Waals surface area contributed by atoms with Crippen LogP contribution in [0.3, 0.4) is 0 Å². The zero-order valence-corrected chi connectivity index (χ0v) is 13.8. The van der Waals surface area contributed by atoms with Crippen LogP contribution in [0.5, 0.6) is 0 Å². The molecule has 120 valence electrons. The highest BCUT2D eigenvalue weighted by atomic mass is 35.5. The quantitative estimate of drug-likeness (QED) is 0.582. The van der Waals surface area contributed by atoms with Crippen LogP contribution in [-0.4, -0.2) is 19.5 Å². The van der Waals surface area contributed by atoms with Gasteiger partial charge in [-0.3, -0.25) is 5.41 Å². The molecule has 0 amide bonds. The van der Waals surface area contributed by atoms with Crippen LogP contribution in [0.25, 0.3) is 22.6 Å². The summed E-state index contributed by atoms with van der Waals surface area (Å²) in [4.78, 5) is 11.8. The van der Waals surface area contributed by atoms with E-state index in [0.29, 0.717) is 33.6 Å². The SMILES string of the molecule is N=c1ncn(Cc2c(Cl)cccc2Cl)c2nc(-c3ccoc3)[nH]c12. The molecule has 3 aromatic heterocycles. The van der Waals surface area contributed by atoms with Crippen LogP contribution >= 0.6 is 23.2 Å². The van der Waals surface area contributed by atoms with Gasteiger partial charge in [-0.15, -0.1) is 0 Å². The molecule has 0 atom stereocenters. The van der Waals surface area contributed by atoms with Gasteiger partial charge in [0.05, 0.1) is 24.7 Å². The summed E-state index contributed by atoms with van der Waals surface area (Å²) in [6, 6.07) is 7.16. The summed E-state index contributed by atoms with van der Waals surface area (Å²) >= 11 is 12.5. The molecule has 0 saturated heterocycles. The molecule has 2 N–H and O–H groups in total. The summed E-state index contributed by atoms with van der Waals surface area (Å²) in [6.07, 6.45) is 4.72. The Morgan fingerprint density at radius 3 is 2.71 bits per heavy atom. The number of hydrogen-bond donors (Lipinski definition) is 2. The number of nitrogens with zero attached hydrogens (tertiary/aromatic N) is 3. The zero-order valence-electron chi connectivity index (χ0n) is 12.3. The molecule has 0 fully saturated rings. The van der Waals surface area contributed by atoms with Gasteiger partial charge in [-0.25, -0.2) is 9.97 Å². The van der Waals surface area contributed by atoms with Crippen LogP contribution in [0, 0.1) is 5.41 Å². The number of halogens is 2. The number of benzene rings is 1. The van der Waals surface area contributed by atoms with Crippen molar-refractivity contribution >= 4 is 34.4 Å². The summed E-state index contributed by atoms with van der Waals surface area (Å²) in [7, 11) is 0. The molecule has 4 aromatic rings. The van der Waals surface area contributed by atoms with Gasteiger partial charge in [-0.1, -0.05) is 29.3 Å². The third-order valence-electron chi connectivity index (χ3n) is 3.70. The molecule has 8 heteroatoms. The van der Waals surface area contributed by atoms with Crippen LogP contribution in [0.4, 0.5) is 0 Å². The van der Waals surface area contributed by atoms with Gasteiger partial charge in [0.2, 0.25) is 0 Å². The van der Waals surface area contributed by atoms with Crippen LogP contribution < -0.4 is 5.49 Å². The van der Waals surface area contributed by atoms with Gasteiger partial charge in [-0.2, -0.15) is 0 Å². The van der Waals surface area contributed by atoms with Crippen LogP contribution in [-0.2, 0) is 6.54 Å². The summed E-state index contributed by atoms with van der Waals surface area (Å²) in [5.74, 6) is 0.610. The molecular formula is C16H11Cl2N5O. The summed E-state index contributed by atoms with van der Waals surface area (Å²) < 4.78 is 6.89. The number of nitrogens with one attached hydrogen (secondary N) is 2. The molecule has 0 aliphatic rings. The number of H-pyrrole nitrogens is 1. The number of hydrogen-bond acceptors (Lipinski definition) is 4. The second-order valence-electron chi connectivity index (χ2n) is 5.22. The van der Waals surface area contributed by atoms with Crippen LogP contribution in [0.2, 0.25) is 10.0 Å². The normalized spacial score (nSPS) is 11.2. The molecular weight excluding hydrogens is 349 g/mol. The Bertz CT molecular complexity index is 1060. The molecule has 0 unspecified atom stereocenters. The minimum absolute atomic E-state index is 0.119. The van der Waals surface area contributed by atoms with E-state index < -0.39 is 0 Å². The second-order valence-corrected chi connectivity index (χ2v) is 6.03. The molecule has 0 saturated carbocycles. The molecule has 0 bridgehead atoms. The molecule has 4 rings (SSSR count). The van der Waals surface area contributed by atoms with Gasteiger partial charge < -0.3 is 14.0 Å². The van der Waals surface area contributed by atoms with E-state index in [-0.39, 0.29) is 5.49 Å². The number of imidazole rings is 1. The minimum atomic E-state index is 0.119. The molecule has 3 heterocycles. The van der Waals surface area contributed by atoms with Gasteiger partial charge >= 0.3 is 0 Å². The van der Waals surface area contributed by atoms with E-state index in [0.717, 1.165) is 11.1 Å². The van der Waals surface area contributed by atoms with Crippen LogP contribution in [0.1, 0.15) is 5.56 Å². The average Bonchev–Trinajstić information content (AvgIpc) is 3.22. The standard InChI is InChI=1S/C16H11Cl2N5O/c17-11-2-1-3-12(18)10(11)6-23-8-20-14(19)13-16(23)22-15(21-13)9-4-5-24-7-9/h1-5,7-8,19H,6H2,(H,21,22). The first-order chi connectivity index (χ1) is 11.6. The van der Waals surface area contributed by atoms with Crippen molar-refractivity contribution in [3.63, 3.8) is 0 Å². The van der Waals surface area contributed by atoms with Crippen molar-refractivity contribution in [2.24, 2.45) is 0 Å². The first-order valence-corrected chi connectivity index (χ1v) is 7.84. The largest absolute Gasteiger partial charge is 0.472 e.